The molecule has 0 saturated heterocycles. The average molecular weight is 239 g/mol. The van der Waals surface area contributed by atoms with E-state index in [0.717, 1.165) is 12.2 Å². The highest BCUT2D eigenvalue weighted by atomic mass is 14.9. The second-order valence-electron chi connectivity index (χ2n) is 4.86. The summed E-state index contributed by atoms with van der Waals surface area (Å²) in [5, 5.41) is 3.54. The van der Waals surface area contributed by atoms with Crippen molar-refractivity contribution in [3.63, 3.8) is 0 Å². The lowest BCUT2D eigenvalue weighted by Crippen LogP contribution is -2.31. The highest BCUT2D eigenvalue weighted by Gasteiger charge is 2.25. The molecule has 2 unspecified atom stereocenters. The van der Waals surface area contributed by atoms with Gasteiger partial charge >= 0.3 is 0 Å². The molecule has 0 spiro atoms. The van der Waals surface area contributed by atoms with Gasteiger partial charge in [0.05, 0.1) is 5.69 Å². The van der Waals surface area contributed by atoms with Gasteiger partial charge < -0.3 is 5.32 Å². The molecule has 0 aliphatic heterocycles. The Morgan fingerprint density at radius 2 is 2.22 bits per heavy atom. The summed E-state index contributed by atoms with van der Waals surface area (Å²) in [5.41, 5.74) is 4.00. The number of hydrogen-bond acceptors (Lipinski definition) is 3. The first-order valence-corrected chi connectivity index (χ1v) is 6.41. The zero-order valence-electron chi connectivity index (χ0n) is 10.5. The predicted octanol–water partition coefficient (Wildman–Crippen LogP) is 2.47. The summed E-state index contributed by atoms with van der Waals surface area (Å²) >= 11 is 0. The fraction of sp³-hybridized carbons (Fsp3) is 0.333. The first kappa shape index (κ1) is 11.4. The van der Waals surface area contributed by atoms with Gasteiger partial charge in [-0.25, -0.2) is 0 Å². The summed E-state index contributed by atoms with van der Waals surface area (Å²) in [4.78, 5) is 8.42. The van der Waals surface area contributed by atoms with Crippen LogP contribution in [0.4, 0.5) is 0 Å². The molecule has 1 aromatic heterocycles. The van der Waals surface area contributed by atoms with Crippen LogP contribution in [-0.2, 0) is 6.42 Å². The third-order valence-electron chi connectivity index (χ3n) is 3.66. The lowest BCUT2D eigenvalue weighted by atomic mass is 9.77. The molecule has 2 aromatic rings. The van der Waals surface area contributed by atoms with Gasteiger partial charge in [0.25, 0.3) is 0 Å². The van der Waals surface area contributed by atoms with Gasteiger partial charge in [-0.15, -0.1) is 0 Å². The van der Waals surface area contributed by atoms with Crippen LogP contribution < -0.4 is 5.32 Å². The summed E-state index contributed by atoms with van der Waals surface area (Å²) < 4.78 is 0. The van der Waals surface area contributed by atoms with Crippen LogP contribution in [0.1, 0.15) is 35.7 Å². The smallest absolute Gasteiger partial charge is 0.0753 e. The Balaban J connectivity index is 1.58. The fourth-order valence-corrected chi connectivity index (χ4v) is 2.50. The molecular formula is C15H17N3. The van der Waals surface area contributed by atoms with Crippen molar-refractivity contribution in [2.75, 3.05) is 6.54 Å². The number of rotatable bonds is 4. The summed E-state index contributed by atoms with van der Waals surface area (Å²) in [6, 6.07) is 8.95. The number of nitrogens with one attached hydrogen (secondary N) is 1. The van der Waals surface area contributed by atoms with Gasteiger partial charge in [0.15, 0.2) is 0 Å². The maximum absolute atomic E-state index is 4.32. The molecule has 0 bridgehead atoms. The van der Waals surface area contributed by atoms with E-state index in [1.807, 2.05) is 6.20 Å². The van der Waals surface area contributed by atoms with E-state index in [1.165, 1.54) is 17.5 Å². The third-order valence-corrected chi connectivity index (χ3v) is 3.66. The first-order valence-electron chi connectivity index (χ1n) is 6.41. The molecule has 1 heterocycles. The van der Waals surface area contributed by atoms with Crippen LogP contribution in [0.5, 0.6) is 0 Å². The van der Waals surface area contributed by atoms with Crippen molar-refractivity contribution in [1.29, 1.82) is 0 Å². The van der Waals surface area contributed by atoms with Gasteiger partial charge in [0, 0.05) is 37.1 Å². The topological polar surface area (TPSA) is 37.8 Å². The molecule has 1 aliphatic rings. The Bertz CT molecular complexity index is 522. The molecule has 3 nitrogen and oxygen atoms in total. The summed E-state index contributed by atoms with van der Waals surface area (Å²) in [6.45, 7) is 3.14. The van der Waals surface area contributed by atoms with Crippen LogP contribution in [0.15, 0.2) is 42.9 Å². The lowest BCUT2D eigenvalue weighted by Gasteiger charge is -2.31. The number of hydrogen-bond donors (Lipinski definition) is 1. The lowest BCUT2D eigenvalue weighted by molar-refractivity contribution is 0.482. The van der Waals surface area contributed by atoms with E-state index < -0.39 is 0 Å². The van der Waals surface area contributed by atoms with Crippen molar-refractivity contribution < 1.29 is 0 Å². The van der Waals surface area contributed by atoms with Gasteiger partial charge in [-0.05, 0) is 24.5 Å². The average Bonchev–Trinajstić information content (AvgIpc) is 2.40. The van der Waals surface area contributed by atoms with E-state index in [2.05, 4.69) is 46.5 Å². The summed E-state index contributed by atoms with van der Waals surface area (Å²) in [7, 11) is 0. The first-order chi connectivity index (χ1) is 8.84. The molecule has 0 amide bonds. The van der Waals surface area contributed by atoms with E-state index in [-0.39, 0.29) is 6.04 Å². The molecule has 3 heteroatoms. The normalized spacial score (nSPS) is 18.8. The number of fused-ring (bicyclic) bond motifs is 1. The number of nitrogens with zero attached hydrogens (tertiary/aromatic N) is 2. The molecular weight excluding hydrogens is 222 g/mol. The predicted molar refractivity (Wildman–Crippen MR) is 71.3 cm³/mol. The van der Waals surface area contributed by atoms with E-state index in [4.69, 9.17) is 0 Å². The number of benzene rings is 1. The van der Waals surface area contributed by atoms with Crippen molar-refractivity contribution >= 4 is 0 Å². The molecule has 1 aromatic carbocycles. The summed E-state index contributed by atoms with van der Waals surface area (Å²) in [6.07, 6.45) is 6.47. The zero-order chi connectivity index (χ0) is 12.4. The van der Waals surface area contributed by atoms with Crippen molar-refractivity contribution in [2.24, 2.45) is 0 Å². The SMILES string of the molecule is CC(NCC1Cc2ccccc21)c1cnccn1. The molecule has 92 valence electrons. The Labute approximate surface area is 107 Å². The van der Waals surface area contributed by atoms with Crippen molar-refractivity contribution in [3.05, 3.63) is 59.7 Å². The van der Waals surface area contributed by atoms with Crippen LogP contribution in [0, 0.1) is 0 Å². The molecule has 1 aliphatic carbocycles. The van der Waals surface area contributed by atoms with Gasteiger partial charge in [0.1, 0.15) is 0 Å². The molecule has 0 saturated carbocycles. The minimum atomic E-state index is 0.256. The Kier molecular flexibility index (Phi) is 3.07. The van der Waals surface area contributed by atoms with E-state index in [0.29, 0.717) is 5.92 Å². The van der Waals surface area contributed by atoms with Crippen LogP contribution in [0.25, 0.3) is 0 Å². The molecule has 1 N–H and O–H groups in total. The number of aromatic nitrogens is 2. The highest BCUT2D eigenvalue weighted by molar-refractivity contribution is 5.40. The Hall–Kier alpha value is -1.74. The zero-order valence-corrected chi connectivity index (χ0v) is 10.5. The minimum absolute atomic E-state index is 0.256. The highest BCUT2D eigenvalue weighted by Crippen LogP contribution is 2.34. The fourth-order valence-electron chi connectivity index (χ4n) is 2.50. The van der Waals surface area contributed by atoms with Crippen LogP contribution in [0.3, 0.4) is 0 Å². The summed E-state index contributed by atoms with van der Waals surface area (Å²) in [5.74, 6) is 0.653. The molecule has 18 heavy (non-hydrogen) atoms. The quantitative estimate of drug-likeness (QED) is 0.890. The van der Waals surface area contributed by atoms with Crippen LogP contribution >= 0.6 is 0 Å². The van der Waals surface area contributed by atoms with Crippen molar-refractivity contribution in [1.82, 2.24) is 15.3 Å². The molecule has 0 radical (unpaired) electrons. The molecule has 3 rings (SSSR count). The van der Waals surface area contributed by atoms with Crippen LogP contribution in [-0.4, -0.2) is 16.5 Å². The largest absolute Gasteiger partial charge is 0.308 e. The Morgan fingerprint density at radius 3 is 3.00 bits per heavy atom. The van der Waals surface area contributed by atoms with Crippen molar-refractivity contribution in [2.45, 2.75) is 25.3 Å². The van der Waals surface area contributed by atoms with Gasteiger partial charge in [-0.3, -0.25) is 9.97 Å². The monoisotopic (exact) mass is 239 g/mol. The van der Waals surface area contributed by atoms with Gasteiger partial charge in [-0.2, -0.15) is 0 Å². The maximum Gasteiger partial charge on any atom is 0.0753 e. The van der Waals surface area contributed by atoms with E-state index in [1.54, 1.807) is 12.4 Å². The molecule has 2 atom stereocenters. The second kappa shape index (κ2) is 4.86. The minimum Gasteiger partial charge on any atom is -0.308 e. The van der Waals surface area contributed by atoms with E-state index in [9.17, 15) is 0 Å². The third kappa shape index (κ3) is 2.14. The van der Waals surface area contributed by atoms with Crippen LogP contribution in [0.2, 0.25) is 0 Å². The van der Waals surface area contributed by atoms with E-state index >= 15 is 0 Å². The second-order valence-corrected chi connectivity index (χ2v) is 4.86. The maximum atomic E-state index is 4.32. The van der Waals surface area contributed by atoms with Gasteiger partial charge in [-0.1, -0.05) is 24.3 Å². The Morgan fingerprint density at radius 1 is 1.33 bits per heavy atom. The standard InChI is InChI=1S/C15H17N3/c1-11(15-10-16-6-7-17-15)18-9-13-8-12-4-2-3-5-14(12)13/h2-7,10-11,13,18H,8-9H2,1H3. The van der Waals surface area contributed by atoms with Crippen molar-refractivity contribution in [3.8, 4) is 0 Å². The van der Waals surface area contributed by atoms with Gasteiger partial charge in [0.2, 0.25) is 0 Å². The molecule has 0 fully saturated rings.